The van der Waals surface area contributed by atoms with Crippen molar-refractivity contribution in [2.24, 2.45) is 5.16 Å². The third-order valence-electron chi connectivity index (χ3n) is 5.21. The molecule has 0 fully saturated rings. The number of nitrogens with zero attached hydrogens (tertiary/aromatic N) is 1. The fraction of sp³-hybridized carbons (Fsp3) is 0.120. The van der Waals surface area contributed by atoms with Crippen molar-refractivity contribution in [1.29, 1.82) is 0 Å². The number of rotatable bonds is 3. The van der Waals surface area contributed by atoms with Gasteiger partial charge in [0.1, 0.15) is 0 Å². The van der Waals surface area contributed by atoms with Crippen LogP contribution >= 0.6 is 0 Å². The van der Waals surface area contributed by atoms with Crippen LogP contribution in [0.25, 0.3) is 16.7 Å². The molecule has 1 aliphatic heterocycles. The summed E-state index contributed by atoms with van der Waals surface area (Å²) in [6.45, 7) is 2.05. The van der Waals surface area contributed by atoms with E-state index in [4.69, 9.17) is 14.3 Å². The van der Waals surface area contributed by atoms with E-state index in [1.807, 2.05) is 78.9 Å². The van der Waals surface area contributed by atoms with E-state index in [0.717, 1.165) is 27.8 Å². The quantitative estimate of drug-likeness (QED) is 0.467. The molecule has 0 aromatic heterocycles. The average Bonchev–Trinajstić information content (AvgIpc) is 3.24. The minimum absolute atomic E-state index is 0.279. The van der Waals surface area contributed by atoms with Gasteiger partial charge < -0.3 is 14.3 Å². The second-order valence-corrected chi connectivity index (χ2v) is 6.97. The first-order valence-corrected chi connectivity index (χ1v) is 9.82. The highest BCUT2D eigenvalue weighted by atomic mass is 16.8. The maximum atomic E-state index is 12.5. The first kappa shape index (κ1) is 18.2. The van der Waals surface area contributed by atoms with Crippen LogP contribution in [0.5, 0.6) is 0 Å². The van der Waals surface area contributed by atoms with Crippen LogP contribution in [0.2, 0.25) is 0 Å². The smallest absolute Gasteiger partial charge is 0.332 e. The van der Waals surface area contributed by atoms with Crippen LogP contribution in [0.1, 0.15) is 23.6 Å². The minimum Gasteiger partial charge on any atom is -0.463 e. The predicted octanol–water partition coefficient (Wildman–Crippen LogP) is 4.88. The molecular weight excluding hydrogens is 378 g/mol. The fourth-order valence-electron chi connectivity index (χ4n) is 3.93. The molecule has 148 valence electrons. The molecule has 5 rings (SSSR count). The van der Waals surface area contributed by atoms with E-state index in [2.05, 4.69) is 5.16 Å². The van der Waals surface area contributed by atoms with Gasteiger partial charge in [-0.15, -0.1) is 0 Å². The SMILES string of the molecule is CCOC(=O)/C=C1\c2ccccc2-c2ccccc2C12ON=C(c1ccccc1)O2. The lowest BCUT2D eigenvalue weighted by atomic mass is 9.78. The monoisotopic (exact) mass is 397 g/mol. The summed E-state index contributed by atoms with van der Waals surface area (Å²) in [5.41, 5.74) is 4.95. The molecule has 3 aromatic carbocycles. The molecule has 30 heavy (non-hydrogen) atoms. The number of hydrogen-bond donors (Lipinski definition) is 0. The molecule has 5 heteroatoms. The number of esters is 1. The van der Waals surface area contributed by atoms with Gasteiger partial charge in [-0.05, 0) is 40.9 Å². The van der Waals surface area contributed by atoms with E-state index in [1.165, 1.54) is 6.08 Å². The topological polar surface area (TPSA) is 57.1 Å². The van der Waals surface area contributed by atoms with E-state index >= 15 is 0 Å². The summed E-state index contributed by atoms with van der Waals surface area (Å²) < 4.78 is 11.6. The lowest BCUT2D eigenvalue weighted by molar-refractivity contribution is -0.138. The Bertz CT molecular complexity index is 1180. The second-order valence-electron chi connectivity index (χ2n) is 6.97. The fourth-order valence-corrected chi connectivity index (χ4v) is 3.93. The van der Waals surface area contributed by atoms with Gasteiger partial charge in [-0.2, -0.15) is 0 Å². The zero-order valence-corrected chi connectivity index (χ0v) is 16.4. The maximum absolute atomic E-state index is 12.5. The molecule has 1 heterocycles. The van der Waals surface area contributed by atoms with Crippen molar-refractivity contribution in [1.82, 2.24) is 0 Å². The summed E-state index contributed by atoms with van der Waals surface area (Å²) in [6.07, 6.45) is 1.45. The van der Waals surface area contributed by atoms with Crippen LogP contribution in [0.3, 0.4) is 0 Å². The normalized spacial score (nSPS) is 20.0. The molecule has 0 radical (unpaired) electrons. The second kappa shape index (κ2) is 7.19. The number of oxime groups is 1. The molecule has 0 amide bonds. The largest absolute Gasteiger partial charge is 0.463 e. The zero-order valence-electron chi connectivity index (χ0n) is 16.4. The van der Waals surface area contributed by atoms with E-state index < -0.39 is 11.8 Å². The number of benzene rings is 3. The Morgan fingerprint density at radius 2 is 1.60 bits per heavy atom. The number of hydrogen-bond acceptors (Lipinski definition) is 5. The molecule has 3 aromatic rings. The number of carbonyl (C=O) groups is 1. The number of ether oxygens (including phenoxy) is 2. The molecule has 2 aliphatic rings. The highest BCUT2D eigenvalue weighted by molar-refractivity contribution is 6.02. The van der Waals surface area contributed by atoms with Crippen molar-refractivity contribution >= 4 is 17.4 Å². The third-order valence-corrected chi connectivity index (χ3v) is 5.21. The molecule has 1 aliphatic carbocycles. The Morgan fingerprint density at radius 1 is 0.933 bits per heavy atom. The lowest BCUT2D eigenvalue weighted by Gasteiger charge is -2.35. The highest BCUT2D eigenvalue weighted by Gasteiger charge is 2.52. The molecule has 1 spiro atoms. The molecule has 0 saturated carbocycles. The standard InChI is InChI=1S/C25H19NO4/c1-2-28-23(27)16-22-20-14-7-6-12-18(20)19-13-8-9-15-21(19)25(22)29-24(26-30-25)17-10-4-3-5-11-17/h3-16H,2H2,1H3/b22-16+. The van der Waals surface area contributed by atoms with Crippen LogP contribution in [0, 0.1) is 0 Å². The number of fused-ring (bicyclic) bond motifs is 4. The minimum atomic E-state index is -1.37. The van der Waals surface area contributed by atoms with Crippen LogP contribution < -0.4 is 0 Å². The Kier molecular flexibility index (Phi) is 4.36. The van der Waals surface area contributed by atoms with Crippen LogP contribution in [-0.4, -0.2) is 18.5 Å². The lowest BCUT2D eigenvalue weighted by Crippen LogP contribution is -2.34. The van der Waals surface area contributed by atoms with E-state index in [1.54, 1.807) is 6.92 Å². The summed E-state index contributed by atoms with van der Waals surface area (Å²) in [5.74, 6) is -1.47. The molecule has 0 bridgehead atoms. The van der Waals surface area contributed by atoms with Crippen molar-refractivity contribution in [3.8, 4) is 11.1 Å². The molecular formula is C25H19NO4. The Balaban J connectivity index is 1.71. The van der Waals surface area contributed by atoms with Crippen LogP contribution in [-0.2, 0) is 24.9 Å². The summed E-state index contributed by atoms with van der Waals surface area (Å²) in [7, 11) is 0. The summed E-state index contributed by atoms with van der Waals surface area (Å²) in [6, 6.07) is 25.3. The zero-order chi connectivity index (χ0) is 20.6. The highest BCUT2D eigenvalue weighted by Crippen LogP contribution is 2.53. The van der Waals surface area contributed by atoms with E-state index in [0.29, 0.717) is 11.5 Å². The van der Waals surface area contributed by atoms with Crippen molar-refractivity contribution in [3.63, 3.8) is 0 Å². The summed E-state index contributed by atoms with van der Waals surface area (Å²) >= 11 is 0. The van der Waals surface area contributed by atoms with Crippen molar-refractivity contribution in [2.45, 2.75) is 12.7 Å². The molecule has 0 N–H and O–H groups in total. The van der Waals surface area contributed by atoms with Crippen molar-refractivity contribution in [3.05, 3.63) is 102 Å². The Hall–Kier alpha value is -3.86. The van der Waals surface area contributed by atoms with Crippen LogP contribution in [0.4, 0.5) is 0 Å². The number of carbonyl (C=O) groups excluding carboxylic acids is 1. The van der Waals surface area contributed by atoms with Crippen molar-refractivity contribution < 1.29 is 19.1 Å². The van der Waals surface area contributed by atoms with Gasteiger partial charge in [0.05, 0.1) is 17.7 Å². The summed E-state index contributed by atoms with van der Waals surface area (Å²) in [5, 5.41) is 4.26. The van der Waals surface area contributed by atoms with Crippen molar-refractivity contribution in [2.75, 3.05) is 6.61 Å². The molecule has 5 nitrogen and oxygen atoms in total. The van der Waals surface area contributed by atoms with Gasteiger partial charge in [0.25, 0.3) is 5.90 Å². The third kappa shape index (κ3) is 2.78. The van der Waals surface area contributed by atoms with Gasteiger partial charge >= 0.3 is 11.8 Å². The van der Waals surface area contributed by atoms with E-state index in [9.17, 15) is 4.79 Å². The Labute approximate surface area is 174 Å². The average molecular weight is 397 g/mol. The van der Waals surface area contributed by atoms with E-state index in [-0.39, 0.29) is 6.61 Å². The van der Waals surface area contributed by atoms with Gasteiger partial charge in [-0.3, -0.25) is 0 Å². The Morgan fingerprint density at radius 3 is 2.37 bits per heavy atom. The van der Waals surface area contributed by atoms with Crippen LogP contribution in [0.15, 0.2) is 90.1 Å². The van der Waals surface area contributed by atoms with Gasteiger partial charge in [0, 0.05) is 11.6 Å². The predicted molar refractivity (Wildman–Crippen MR) is 113 cm³/mol. The van der Waals surface area contributed by atoms with Gasteiger partial charge in [-0.25, -0.2) is 4.79 Å². The van der Waals surface area contributed by atoms with Gasteiger partial charge in [0.15, 0.2) is 0 Å². The summed E-state index contributed by atoms with van der Waals surface area (Å²) in [4.78, 5) is 18.5. The first-order chi connectivity index (χ1) is 14.7. The molecule has 0 saturated heterocycles. The van der Waals surface area contributed by atoms with Gasteiger partial charge in [-0.1, -0.05) is 66.7 Å². The maximum Gasteiger partial charge on any atom is 0.332 e. The first-order valence-electron chi connectivity index (χ1n) is 9.82. The van der Waals surface area contributed by atoms with Gasteiger partial charge in [0.2, 0.25) is 0 Å². The molecule has 1 atom stereocenters. The molecule has 1 unspecified atom stereocenters.